The summed E-state index contributed by atoms with van der Waals surface area (Å²) < 4.78 is 37.4. The molecule has 14 heavy (non-hydrogen) atoms. The number of halogens is 3. The van der Waals surface area contributed by atoms with Gasteiger partial charge in [0, 0.05) is 18.9 Å². The number of rotatable bonds is 3. The van der Waals surface area contributed by atoms with Crippen LogP contribution in [0.3, 0.4) is 0 Å². The van der Waals surface area contributed by atoms with Gasteiger partial charge in [-0.05, 0) is 24.5 Å². The molecule has 0 bridgehead atoms. The fraction of sp³-hybridized carbons (Fsp3) is 0.556. The molecule has 0 unspecified atom stereocenters. The highest BCUT2D eigenvalue weighted by molar-refractivity contribution is 5.13. The van der Waals surface area contributed by atoms with E-state index in [4.69, 9.17) is 0 Å². The van der Waals surface area contributed by atoms with Crippen LogP contribution in [-0.2, 0) is 6.54 Å². The fourth-order valence-electron chi connectivity index (χ4n) is 1.43. The second-order valence-electron chi connectivity index (χ2n) is 3.65. The van der Waals surface area contributed by atoms with E-state index in [1.54, 1.807) is 18.5 Å². The highest BCUT2D eigenvalue weighted by Gasteiger charge is 2.62. The van der Waals surface area contributed by atoms with Gasteiger partial charge in [0.25, 0.3) is 0 Å². The van der Waals surface area contributed by atoms with Crippen molar-refractivity contribution in [1.82, 2.24) is 10.3 Å². The van der Waals surface area contributed by atoms with Crippen molar-refractivity contribution in [2.45, 2.75) is 31.1 Å². The highest BCUT2D eigenvalue weighted by Crippen LogP contribution is 2.48. The van der Waals surface area contributed by atoms with Crippen molar-refractivity contribution in [3.8, 4) is 0 Å². The molecule has 1 aliphatic rings. The van der Waals surface area contributed by atoms with Gasteiger partial charge in [-0.1, -0.05) is 0 Å². The van der Waals surface area contributed by atoms with E-state index in [1.165, 1.54) is 0 Å². The normalized spacial score (nSPS) is 19.6. The van der Waals surface area contributed by atoms with Gasteiger partial charge >= 0.3 is 6.18 Å². The van der Waals surface area contributed by atoms with Crippen molar-refractivity contribution < 1.29 is 13.2 Å². The van der Waals surface area contributed by atoms with Gasteiger partial charge in [0.1, 0.15) is 5.54 Å². The SMILES string of the molecule is FC(F)(F)C1(NCc2cc[nH]c2)CC1. The molecule has 0 saturated heterocycles. The van der Waals surface area contributed by atoms with Gasteiger partial charge in [-0.25, -0.2) is 0 Å². The second-order valence-corrected chi connectivity index (χ2v) is 3.65. The molecule has 2 rings (SSSR count). The maximum atomic E-state index is 12.5. The molecule has 1 fully saturated rings. The molecule has 5 heteroatoms. The lowest BCUT2D eigenvalue weighted by atomic mass is 10.2. The van der Waals surface area contributed by atoms with Gasteiger partial charge < -0.3 is 4.98 Å². The average Bonchev–Trinajstić information content (AvgIpc) is 2.72. The van der Waals surface area contributed by atoms with E-state index >= 15 is 0 Å². The lowest BCUT2D eigenvalue weighted by Gasteiger charge is -2.20. The topological polar surface area (TPSA) is 27.8 Å². The molecular formula is C9H11F3N2. The van der Waals surface area contributed by atoms with Crippen LogP contribution < -0.4 is 5.32 Å². The number of aromatic nitrogens is 1. The summed E-state index contributed by atoms with van der Waals surface area (Å²) in [6.45, 7) is 0.267. The number of nitrogens with one attached hydrogen (secondary N) is 2. The Hall–Kier alpha value is -0.970. The first kappa shape index (κ1) is 9.58. The van der Waals surface area contributed by atoms with Crippen molar-refractivity contribution in [2.75, 3.05) is 0 Å². The minimum atomic E-state index is -4.12. The van der Waals surface area contributed by atoms with Crippen LogP contribution >= 0.6 is 0 Å². The maximum Gasteiger partial charge on any atom is 0.406 e. The van der Waals surface area contributed by atoms with E-state index in [9.17, 15) is 13.2 Å². The monoisotopic (exact) mass is 204 g/mol. The molecule has 1 aliphatic carbocycles. The van der Waals surface area contributed by atoms with Crippen LogP contribution in [0.5, 0.6) is 0 Å². The van der Waals surface area contributed by atoms with Gasteiger partial charge in [-0.2, -0.15) is 13.2 Å². The minimum Gasteiger partial charge on any atom is -0.367 e. The summed E-state index contributed by atoms with van der Waals surface area (Å²) in [4.78, 5) is 2.80. The Kier molecular flexibility index (Phi) is 2.06. The zero-order valence-electron chi connectivity index (χ0n) is 7.49. The van der Waals surface area contributed by atoms with Crippen molar-refractivity contribution in [3.05, 3.63) is 24.0 Å². The molecule has 0 aromatic carbocycles. The predicted molar refractivity (Wildman–Crippen MR) is 45.7 cm³/mol. The number of hydrogen-bond acceptors (Lipinski definition) is 1. The molecule has 2 N–H and O–H groups in total. The standard InChI is InChI=1S/C9H11F3N2/c10-9(11,12)8(2-3-8)14-6-7-1-4-13-5-7/h1,4-5,13-14H,2-3,6H2. The summed E-state index contributed by atoms with van der Waals surface area (Å²) in [5.74, 6) is 0. The highest BCUT2D eigenvalue weighted by atomic mass is 19.4. The Labute approximate surface area is 79.5 Å². The molecule has 1 heterocycles. The van der Waals surface area contributed by atoms with E-state index in [0.717, 1.165) is 5.56 Å². The second kappa shape index (κ2) is 3.02. The summed E-state index contributed by atoms with van der Waals surface area (Å²) in [5, 5.41) is 2.57. The van der Waals surface area contributed by atoms with Crippen LogP contribution in [-0.4, -0.2) is 16.7 Å². The molecule has 0 radical (unpaired) electrons. The van der Waals surface area contributed by atoms with Gasteiger partial charge in [0.05, 0.1) is 0 Å². The molecular weight excluding hydrogens is 193 g/mol. The summed E-state index contributed by atoms with van der Waals surface area (Å²) in [5.41, 5.74) is -0.759. The molecule has 78 valence electrons. The zero-order chi connectivity index (χ0) is 10.2. The van der Waals surface area contributed by atoms with Crippen LogP contribution in [0.2, 0.25) is 0 Å². The lowest BCUT2D eigenvalue weighted by molar-refractivity contribution is -0.166. The first-order chi connectivity index (χ1) is 6.54. The van der Waals surface area contributed by atoms with Crippen LogP contribution in [0.4, 0.5) is 13.2 Å². The quantitative estimate of drug-likeness (QED) is 0.776. The average molecular weight is 204 g/mol. The lowest BCUT2D eigenvalue weighted by Crippen LogP contribution is -2.44. The number of alkyl halides is 3. The number of H-pyrrole nitrogens is 1. The van der Waals surface area contributed by atoms with Gasteiger partial charge in [0.2, 0.25) is 0 Å². The summed E-state index contributed by atoms with van der Waals surface area (Å²) >= 11 is 0. The van der Waals surface area contributed by atoms with Crippen LogP contribution in [0.25, 0.3) is 0 Å². The molecule has 0 atom stereocenters. The van der Waals surface area contributed by atoms with Crippen molar-refractivity contribution in [1.29, 1.82) is 0 Å². The number of aromatic amines is 1. The van der Waals surface area contributed by atoms with Crippen LogP contribution in [0.1, 0.15) is 18.4 Å². The summed E-state index contributed by atoms with van der Waals surface area (Å²) in [6.07, 6.45) is -0.339. The minimum absolute atomic E-state index is 0.195. The van der Waals surface area contributed by atoms with Crippen molar-refractivity contribution in [2.24, 2.45) is 0 Å². The summed E-state index contributed by atoms with van der Waals surface area (Å²) in [7, 11) is 0. The maximum absolute atomic E-state index is 12.5. The molecule has 1 aromatic heterocycles. The Morgan fingerprint density at radius 3 is 2.57 bits per heavy atom. The molecule has 1 aromatic rings. The molecule has 0 amide bonds. The third-order valence-electron chi connectivity index (χ3n) is 2.59. The molecule has 1 saturated carbocycles. The Bertz CT molecular complexity index is 298. The first-order valence-electron chi connectivity index (χ1n) is 4.47. The smallest absolute Gasteiger partial charge is 0.367 e. The molecule has 0 spiro atoms. The fourth-order valence-corrected chi connectivity index (χ4v) is 1.43. The Morgan fingerprint density at radius 1 is 1.43 bits per heavy atom. The van der Waals surface area contributed by atoms with E-state index in [0.29, 0.717) is 0 Å². The Morgan fingerprint density at radius 2 is 2.14 bits per heavy atom. The predicted octanol–water partition coefficient (Wildman–Crippen LogP) is 2.20. The van der Waals surface area contributed by atoms with Crippen LogP contribution in [0.15, 0.2) is 18.5 Å². The van der Waals surface area contributed by atoms with Crippen molar-refractivity contribution >= 4 is 0 Å². The van der Waals surface area contributed by atoms with Gasteiger partial charge in [-0.3, -0.25) is 5.32 Å². The Balaban J connectivity index is 1.93. The van der Waals surface area contributed by atoms with Crippen LogP contribution in [0, 0.1) is 0 Å². The first-order valence-corrected chi connectivity index (χ1v) is 4.47. The largest absolute Gasteiger partial charge is 0.406 e. The molecule has 2 nitrogen and oxygen atoms in total. The van der Waals surface area contributed by atoms with Crippen molar-refractivity contribution in [3.63, 3.8) is 0 Å². The third-order valence-corrected chi connectivity index (χ3v) is 2.59. The van der Waals surface area contributed by atoms with E-state index < -0.39 is 11.7 Å². The number of hydrogen-bond donors (Lipinski definition) is 2. The van der Waals surface area contributed by atoms with Gasteiger partial charge in [-0.15, -0.1) is 0 Å². The third kappa shape index (κ3) is 1.64. The van der Waals surface area contributed by atoms with E-state index in [2.05, 4.69) is 10.3 Å². The van der Waals surface area contributed by atoms with E-state index in [1.807, 2.05) is 0 Å². The summed E-state index contributed by atoms with van der Waals surface area (Å²) in [6, 6.07) is 1.76. The molecule has 0 aliphatic heterocycles. The zero-order valence-corrected chi connectivity index (χ0v) is 7.49. The van der Waals surface area contributed by atoms with E-state index in [-0.39, 0.29) is 19.4 Å². The van der Waals surface area contributed by atoms with Gasteiger partial charge in [0.15, 0.2) is 0 Å².